The van der Waals surface area contributed by atoms with Gasteiger partial charge in [0.2, 0.25) is 0 Å². The van der Waals surface area contributed by atoms with Crippen molar-refractivity contribution in [2.24, 2.45) is 5.73 Å². The molecule has 3 N–H and O–H groups in total. The standard InChI is InChI=1S/C19H23NO5/c1-23-16-9-8-14(11-17(16)24-2)10-15(20)18(21)19(22)25-12-13-6-4-3-5-7-13/h3-9,11,15,18,21H,10,12,20H2,1-2H3. The van der Waals surface area contributed by atoms with Crippen LogP contribution in [0.4, 0.5) is 0 Å². The highest BCUT2D eigenvalue weighted by molar-refractivity contribution is 5.75. The number of benzene rings is 2. The largest absolute Gasteiger partial charge is 0.493 e. The third-order valence-corrected chi connectivity index (χ3v) is 3.79. The molecular formula is C19H23NO5. The first-order chi connectivity index (χ1) is 12.0. The molecule has 0 spiro atoms. The molecule has 0 aromatic heterocycles. The second-order valence-corrected chi connectivity index (χ2v) is 5.60. The summed E-state index contributed by atoms with van der Waals surface area (Å²) in [6, 6.07) is 13.8. The number of methoxy groups -OCH3 is 2. The predicted molar refractivity (Wildman–Crippen MR) is 93.5 cm³/mol. The SMILES string of the molecule is COc1ccc(CC(N)C(O)C(=O)OCc2ccccc2)cc1OC. The van der Waals surface area contributed by atoms with Crippen LogP contribution in [0.25, 0.3) is 0 Å². The number of esters is 1. The minimum Gasteiger partial charge on any atom is -0.493 e. The normalized spacial score (nSPS) is 13.0. The van der Waals surface area contributed by atoms with Gasteiger partial charge in [-0.1, -0.05) is 36.4 Å². The van der Waals surface area contributed by atoms with E-state index in [9.17, 15) is 9.90 Å². The van der Waals surface area contributed by atoms with Crippen LogP contribution in [0.2, 0.25) is 0 Å². The van der Waals surface area contributed by atoms with Gasteiger partial charge in [-0.2, -0.15) is 0 Å². The van der Waals surface area contributed by atoms with Gasteiger partial charge in [-0.05, 0) is 29.7 Å². The Kier molecular flexibility index (Phi) is 6.80. The van der Waals surface area contributed by atoms with Gasteiger partial charge in [-0.3, -0.25) is 0 Å². The van der Waals surface area contributed by atoms with Gasteiger partial charge in [0.25, 0.3) is 0 Å². The van der Waals surface area contributed by atoms with Crippen LogP contribution in [-0.4, -0.2) is 37.4 Å². The summed E-state index contributed by atoms with van der Waals surface area (Å²) in [5.41, 5.74) is 7.62. The monoisotopic (exact) mass is 345 g/mol. The van der Waals surface area contributed by atoms with E-state index in [1.807, 2.05) is 36.4 Å². The summed E-state index contributed by atoms with van der Waals surface area (Å²) in [5, 5.41) is 10.1. The molecule has 6 nitrogen and oxygen atoms in total. The van der Waals surface area contributed by atoms with Crippen molar-refractivity contribution in [2.45, 2.75) is 25.2 Å². The Bertz CT molecular complexity index is 689. The van der Waals surface area contributed by atoms with Crippen LogP contribution in [0.1, 0.15) is 11.1 Å². The summed E-state index contributed by atoms with van der Waals surface area (Å²) in [7, 11) is 3.09. The maximum atomic E-state index is 12.0. The maximum absolute atomic E-state index is 12.0. The van der Waals surface area contributed by atoms with Crippen LogP contribution >= 0.6 is 0 Å². The molecule has 0 amide bonds. The van der Waals surface area contributed by atoms with Crippen molar-refractivity contribution in [1.29, 1.82) is 0 Å². The number of aliphatic hydroxyl groups excluding tert-OH is 1. The van der Waals surface area contributed by atoms with Gasteiger partial charge >= 0.3 is 5.97 Å². The van der Waals surface area contributed by atoms with Crippen LogP contribution < -0.4 is 15.2 Å². The third-order valence-electron chi connectivity index (χ3n) is 3.79. The molecule has 0 bridgehead atoms. The van der Waals surface area contributed by atoms with Crippen molar-refractivity contribution in [2.75, 3.05) is 14.2 Å². The zero-order valence-corrected chi connectivity index (χ0v) is 14.3. The van der Waals surface area contributed by atoms with Gasteiger partial charge < -0.3 is 25.1 Å². The van der Waals surface area contributed by atoms with E-state index in [1.54, 1.807) is 19.2 Å². The molecule has 2 atom stereocenters. The molecule has 0 radical (unpaired) electrons. The van der Waals surface area contributed by atoms with E-state index >= 15 is 0 Å². The third kappa shape index (κ3) is 5.20. The summed E-state index contributed by atoms with van der Waals surface area (Å²) < 4.78 is 15.5. The Hall–Kier alpha value is -2.57. The number of hydrogen-bond donors (Lipinski definition) is 2. The number of rotatable bonds is 8. The topological polar surface area (TPSA) is 91.0 Å². The molecule has 0 saturated heterocycles. The van der Waals surface area contributed by atoms with Gasteiger partial charge in [0.1, 0.15) is 6.61 Å². The van der Waals surface area contributed by atoms with Gasteiger partial charge in [-0.25, -0.2) is 4.79 Å². The highest BCUT2D eigenvalue weighted by Crippen LogP contribution is 2.28. The van der Waals surface area contributed by atoms with Crippen LogP contribution in [-0.2, 0) is 22.6 Å². The number of carbonyl (C=O) groups is 1. The van der Waals surface area contributed by atoms with Crippen LogP contribution in [0.3, 0.4) is 0 Å². The Labute approximate surface area is 147 Å². The minimum absolute atomic E-state index is 0.0970. The molecule has 0 aliphatic rings. The average Bonchev–Trinajstić information content (AvgIpc) is 2.66. The lowest BCUT2D eigenvalue weighted by Crippen LogP contribution is -2.42. The maximum Gasteiger partial charge on any atom is 0.336 e. The molecule has 134 valence electrons. The Morgan fingerprint density at radius 2 is 1.72 bits per heavy atom. The number of aliphatic hydroxyl groups is 1. The van der Waals surface area contributed by atoms with Crippen molar-refractivity contribution in [3.8, 4) is 11.5 Å². The second-order valence-electron chi connectivity index (χ2n) is 5.60. The molecule has 2 aromatic rings. The first kappa shape index (κ1) is 18.8. The molecule has 6 heteroatoms. The first-order valence-corrected chi connectivity index (χ1v) is 7.90. The predicted octanol–water partition coefficient (Wildman–Crippen LogP) is 1.68. The molecule has 0 fully saturated rings. The van der Waals surface area contributed by atoms with Crippen molar-refractivity contribution in [3.63, 3.8) is 0 Å². The summed E-state index contributed by atoms with van der Waals surface area (Å²) in [6.45, 7) is 0.0970. The molecule has 0 heterocycles. The summed E-state index contributed by atoms with van der Waals surface area (Å²) in [5.74, 6) is 0.424. The lowest BCUT2D eigenvalue weighted by molar-refractivity contribution is -0.156. The average molecular weight is 345 g/mol. The molecule has 2 unspecified atom stereocenters. The lowest BCUT2D eigenvalue weighted by atomic mass is 10.0. The van der Waals surface area contributed by atoms with Crippen molar-refractivity contribution in [1.82, 2.24) is 0 Å². The van der Waals surface area contributed by atoms with Gasteiger partial charge in [0.05, 0.1) is 14.2 Å². The quantitative estimate of drug-likeness (QED) is 0.708. The second kappa shape index (κ2) is 9.05. The van der Waals surface area contributed by atoms with Gasteiger partial charge in [0, 0.05) is 6.04 Å². The van der Waals surface area contributed by atoms with E-state index in [1.165, 1.54) is 7.11 Å². The molecule has 0 aliphatic heterocycles. The number of ether oxygens (including phenoxy) is 3. The van der Waals surface area contributed by atoms with Gasteiger partial charge in [0.15, 0.2) is 17.6 Å². The van der Waals surface area contributed by atoms with E-state index in [-0.39, 0.29) is 6.61 Å². The molecule has 0 aliphatic carbocycles. The zero-order valence-electron chi connectivity index (χ0n) is 14.3. The molecular weight excluding hydrogens is 322 g/mol. The Morgan fingerprint density at radius 3 is 2.36 bits per heavy atom. The highest BCUT2D eigenvalue weighted by Gasteiger charge is 2.25. The fourth-order valence-electron chi connectivity index (χ4n) is 2.38. The first-order valence-electron chi connectivity index (χ1n) is 7.90. The van der Waals surface area contributed by atoms with E-state index in [0.29, 0.717) is 17.9 Å². The summed E-state index contributed by atoms with van der Waals surface area (Å²) in [4.78, 5) is 12.0. The van der Waals surface area contributed by atoms with E-state index in [4.69, 9.17) is 19.9 Å². The zero-order chi connectivity index (χ0) is 18.2. The van der Waals surface area contributed by atoms with Crippen molar-refractivity contribution >= 4 is 5.97 Å². The fourth-order valence-corrected chi connectivity index (χ4v) is 2.38. The van der Waals surface area contributed by atoms with Crippen molar-refractivity contribution < 1.29 is 24.1 Å². The smallest absolute Gasteiger partial charge is 0.336 e. The number of carbonyl (C=O) groups excluding carboxylic acids is 1. The molecule has 0 saturated carbocycles. The van der Waals surface area contributed by atoms with Crippen LogP contribution in [0, 0.1) is 0 Å². The number of nitrogens with two attached hydrogens (primary N) is 1. The van der Waals surface area contributed by atoms with E-state index in [2.05, 4.69) is 0 Å². The van der Waals surface area contributed by atoms with E-state index < -0.39 is 18.1 Å². The number of hydrogen-bond acceptors (Lipinski definition) is 6. The Balaban J connectivity index is 1.92. The fraction of sp³-hybridized carbons (Fsp3) is 0.316. The van der Waals surface area contributed by atoms with Crippen molar-refractivity contribution in [3.05, 3.63) is 59.7 Å². The highest BCUT2D eigenvalue weighted by atomic mass is 16.5. The molecule has 2 rings (SSSR count). The lowest BCUT2D eigenvalue weighted by Gasteiger charge is -2.18. The minimum atomic E-state index is -1.41. The van der Waals surface area contributed by atoms with Gasteiger partial charge in [-0.15, -0.1) is 0 Å². The van der Waals surface area contributed by atoms with Crippen LogP contribution in [0.15, 0.2) is 48.5 Å². The molecule has 25 heavy (non-hydrogen) atoms. The summed E-state index contributed by atoms with van der Waals surface area (Å²) >= 11 is 0. The van der Waals surface area contributed by atoms with E-state index in [0.717, 1.165) is 11.1 Å². The van der Waals surface area contributed by atoms with Crippen LogP contribution in [0.5, 0.6) is 11.5 Å². The Morgan fingerprint density at radius 1 is 1.04 bits per heavy atom. The molecule has 2 aromatic carbocycles. The summed E-state index contributed by atoms with van der Waals surface area (Å²) in [6.07, 6.45) is -1.11.